The molecule has 0 radical (unpaired) electrons. The third-order valence-corrected chi connectivity index (χ3v) is 14.9. The lowest BCUT2D eigenvalue weighted by molar-refractivity contribution is -0.142. The molecular weight excluding hydrogens is 742 g/mol. The molecule has 1 spiro atoms. The van der Waals surface area contributed by atoms with Crippen LogP contribution in [-0.2, 0) is 29.1 Å². The van der Waals surface area contributed by atoms with Gasteiger partial charge in [0.25, 0.3) is 5.91 Å². The Morgan fingerprint density at radius 3 is 2.62 bits per heavy atom. The molecule has 56 heavy (non-hydrogen) atoms. The molecular formula is C41H56FN5O8S. The highest BCUT2D eigenvalue weighted by molar-refractivity contribution is 7.91. The number of pyridine rings is 1. The quantitative estimate of drug-likeness (QED) is 0.231. The Morgan fingerprint density at radius 2 is 1.91 bits per heavy atom. The highest BCUT2D eigenvalue weighted by Crippen LogP contribution is 2.52. The Balaban J connectivity index is 1.24. The van der Waals surface area contributed by atoms with Crippen LogP contribution in [0.4, 0.5) is 4.39 Å². The third-order valence-electron chi connectivity index (χ3n) is 12.8. The van der Waals surface area contributed by atoms with E-state index in [1.54, 1.807) is 32.0 Å². The van der Waals surface area contributed by atoms with Gasteiger partial charge in [0.15, 0.2) is 0 Å². The average Bonchev–Trinajstić information content (AvgIpc) is 4.04. The summed E-state index contributed by atoms with van der Waals surface area (Å²) in [7, 11) is -2.46. The van der Waals surface area contributed by atoms with Gasteiger partial charge in [-0.15, -0.1) is 0 Å². The molecule has 1 aromatic heterocycles. The number of aromatic nitrogens is 1. The second-order valence-electron chi connectivity index (χ2n) is 17.2. The van der Waals surface area contributed by atoms with Crippen molar-refractivity contribution in [3.8, 4) is 11.5 Å². The van der Waals surface area contributed by atoms with Crippen molar-refractivity contribution in [2.24, 2.45) is 11.8 Å². The van der Waals surface area contributed by atoms with E-state index < -0.39 is 61.9 Å². The number of sulfonamides is 1. The molecule has 1 saturated heterocycles. The number of amides is 3. The number of hydrogen-bond acceptors (Lipinski definition) is 10. The number of hydrogen-bond donors (Lipinski definition) is 3. The Hall–Kier alpha value is -3.82. The van der Waals surface area contributed by atoms with E-state index in [9.17, 15) is 22.8 Å². The van der Waals surface area contributed by atoms with Gasteiger partial charge in [-0.1, -0.05) is 38.8 Å². The zero-order chi connectivity index (χ0) is 40.2. The highest BCUT2D eigenvalue weighted by Gasteiger charge is 2.64. The lowest BCUT2D eigenvalue weighted by Crippen LogP contribution is -2.58. The van der Waals surface area contributed by atoms with E-state index >= 15 is 4.39 Å². The molecule has 2 saturated carbocycles. The third kappa shape index (κ3) is 7.62. The number of alkyl halides is 1. The lowest BCUT2D eigenvalue weighted by Gasteiger charge is -2.38. The van der Waals surface area contributed by atoms with Gasteiger partial charge in [0, 0.05) is 29.7 Å². The van der Waals surface area contributed by atoms with Gasteiger partial charge in [-0.2, -0.15) is 0 Å². The zero-order valence-corrected chi connectivity index (χ0v) is 34.1. The number of aryl methyl sites for hydroxylation is 1. The van der Waals surface area contributed by atoms with Gasteiger partial charge in [0.05, 0.1) is 48.5 Å². The summed E-state index contributed by atoms with van der Waals surface area (Å²) >= 11 is 0. The van der Waals surface area contributed by atoms with E-state index in [4.69, 9.17) is 19.2 Å². The smallest absolute Gasteiger partial charge is 0.259 e. The van der Waals surface area contributed by atoms with Crippen molar-refractivity contribution in [1.82, 2.24) is 25.2 Å². The Morgan fingerprint density at radius 1 is 1.14 bits per heavy atom. The standard InChI is InChI=1S/C41H56FN5O8S/c1-24(2)26(4)54-23-43-32-13-11-9-7-8-10-12-27-19-41(27,38(50)46-56(51,52)39(5)16-17-39)45-36(48)33-21-40(22-47(33)37(32)49)20-30(42)34-29-18-28(53-6)14-15-31(29)44-25(3)35(34)55-40/h10,12,14-15,18,24,26-27,30,32-33,43H,7-9,11,13,16-17,19-23H2,1-6H3,(H,45,48)(H,46,50)/b12-10-/t26-,27-,30-,32+,33+,40-,41-/m1/s1. The Kier molecular flexibility index (Phi) is 10.9. The first-order chi connectivity index (χ1) is 26.5. The fraction of sp³-hybridized carbons (Fsp3) is 0.659. The van der Waals surface area contributed by atoms with Gasteiger partial charge in [0.2, 0.25) is 21.8 Å². The summed E-state index contributed by atoms with van der Waals surface area (Å²) in [6, 6.07) is 3.40. The molecule has 3 N–H and O–H groups in total. The Bertz CT molecular complexity index is 2020. The maximum absolute atomic E-state index is 16.8. The van der Waals surface area contributed by atoms with E-state index in [0.717, 1.165) is 25.7 Å². The van der Waals surface area contributed by atoms with Crippen LogP contribution in [0.2, 0.25) is 0 Å². The van der Waals surface area contributed by atoms with Crippen molar-refractivity contribution in [3.63, 3.8) is 0 Å². The maximum atomic E-state index is 16.8. The number of methoxy groups -OCH3 is 1. The maximum Gasteiger partial charge on any atom is 0.259 e. The monoisotopic (exact) mass is 797 g/mol. The number of allylic oxidation sites excluding steroid dienone is 1. The number of fused-ring (bicyclic) bond motifs is 5. The molecule has 2 aliphatic carbocycles. The first-order valence-corrected chi connectivity index (χ1v) is 21.5. The van der Waals surface area contributed by atoms with E-state index in [-0.39, 0.29) is 56.2 Å². The topological polar surface area (TPSA) is 165 Å². The van der Waals surface area contributed by atoms with Crippen LogP contribution in [0.3, 0.4) is 0 Å². The minimum absolute atomic E-state index is 0.0534. The molecule has 306 valence electrons. The molecule has 7 rings (SSSR count). The minimum Gasteiger partial charge on any atom is -0.497 e. The summed E-state index contributed by atoms with van der Waals surface area (Å²) in [5.41, 5.74) is -1.42. The summed E-state index contributed by atoms with van der Waals surface area (Å²) in [5, 5.41) is 6.78. The summed E-state index contributed by atoms with van der Waals surface area (Å²) in [4.78, 5) is 49.6. The summed E-state index contributed by atoms with van der Waals surface area (Å²) < 4.78 is 62.7. The summed E-state index contributed by atoms with van der Waals surface area (Å²) in [5.74, 6) is -1.15. The number of nitrogens with zero attached hydrogens (tertiary/aromatic N) is 2. The molecule has 0 unspecified atom stereocenters. The van der Waals surface area contributed by atoms with Crippen molar-refractivity contribution in [2.75, 3.05) is 20.4 Å². The molecule has 15 heteroatoms. The predicted molar refractivity (Wildman–Crippen MR) is 208 cm³/mol. The van der Waals surface area contributed by atoms with Gasteiger partial charge >= 0.3 is 0 Å². The van der Waals surface area contributed by atoms with Crippen molar-refractivity contribution < 1.29 is 41.4 Å². The van der Waals surface area contributed by atoms with Gasteiger partial charge in [-0.3, -0.25) is 24.4 Å². The van der Waals surface area contributed by atoms with Gasteiger partial charge in [-0.05, 0) is 83.4 Å². The summed E-state index contributed by atoms with van der Waals surface area (Å²) in [6.07, 6.45) is 6.80. The highest BCUT2D eigenvalue weighted by atomic mass is 32.2. The van der Waals surface area contributed by atoms with Crippen LogP contribution in [0.5, 0.6) is 11.5 Å². The first-order valence-electron chi connectivity index (χ1n) is 20.0. The molecule has 0 bridgehead atoms. The van der Waals surface area contributed by atoms with Crippen molar-refractivity contribution in [2.45, 2.75) is 139 Å². The van der Waals surface area contributed by atoms with Crippen LogP contribution >= 0.6 is 0 Å². The number of rotatable bonds is 9. The second-order valence-corrected chi connectivity index (χ2v) is 19.4. The average molecular weight is 798 g/mol. The molecule has 4 heterocycles. The number of benzene rings is 1. The summed E-state index contributed by atoms with van der Waals surface area (Å²) in [6.45, 7) is 9.45. The van der Waals surface area contributed by atoms with Crippen molar-refractivity contribution in [1.29, 1.82) is 0 Å². The van der Waals surface area contributed by atoms with Crippen LogP contribution in [0.1, 0.15) is 109 Å². The molecule has 5 aliphatic rings. The van der Waals surface area contributed by atoms with Gasteiger partial charge in [-0.25, -0.2) is 17.8 Å². The Labute approximate surface area is 328 Å². The number of carbonyl (C=O) groups is 3. The van der Waals surface area contributed by atoms with Crippen LogP contribution in [-0.4, -0.2) is 90.5 Å². The molecule has 3 aliphatic heterocycles. The van der Waals surface area contributed by atoms with E-state index in [0.29, 0.717) is 47.2 Å². The van der Waals surface area contributed by atoms with Crippen molar-refractivity contribution in [3.05, 3.63) is 41.6 Å². The molecule has 13 nitrogen and oxygen atoms in total. The number of ether oxygens (including phenoxy) is 3. The number of carbonyl (C=O) groups excluding carboxylic acids is 3. The van der Waals surface area contributed by atoms with E-state index in [1.807, 2.05) is 19.1 Å². The molecule has 1 aromatic carbocycles. The fourth-order valence-corrected chi connectivity index (χ4v) is 9.68. The number of nitrogens with one attached hydrogen (secondary N) is 3. The van der Waals surface area contributed by atoms with Crippen molar-refractivity contribution >= 4 is 38.6 Å². The van der Waals surface area contributed by atoms with Crippen LogP contribution in [0.25, 0.3) is 10.9 Å². The van der Waals surface area contributed by atoms with E-state index in [1.165, 1.54) is 12.0 Å². The lowest BCUT2D eigenvalue weighted by atomic mass is 9.86. The molecule has 7 atom stereocenters. The number of halogens is 1. The first kappa shape index (κ1) is 40.4. The second kappa shape index (κ2) is 15.2. The van der Waals surface area contributed by atoms with Crippen LogP contribution < -0.4 is 24.8 Å². The molecule has 3 amide bonds. The predicted octanol–water partition coefficient (Wildman–Crippen LogP) is 5.06. The molecule has 3 fully saturated rings. The fourth-order valence-electron chi connectivity index (χ4n) is 8.37. The zero-order valence-electron chi connectivity index (χ0n) is 33.3. The molecule has 2 aromatic rings. The van der Waals surface area contributed by atoms with Crippen LogP contribution in [0.15, 0.2) is 30.4 Å². The van der Waals surface area contributed by atoms with Gasteiger partial charge < -0.3 is 24.4 Å². The SMILES string of the molecule is COc1ccc2nc(C)c3c(c2c1)[C@H](F)C[C@]1(C[C@H]2C(=O)N[C@]4(C(=O)NS(=O)(=O)C5(C)CC5)C[C@H]4/C=C\CCCCC[C@H](NCO[C@H](C)C(C)C)C(=O)N2C1)O3. The minimum atomic E-state index is -4.00. The van der Waals surface area contributed by atoms with Crippen LogP contribution in [0, 0.1) is 18.8 Å². The van der Waals surface area contributed by atoms with Gasteiger partial charge in [0.1, 0.15) is 34.9 Å². The largest absolute Gasteiger partial charge is 0.497 e. The normalized spacial score (nSPS) is 31.2. The van der Waals surface area contributed by atoms with E-state index in [2.05, 4.69) is 29.2 Å².